The van der Waals surface area contributed by atoms with Crippen molar-refractivity contribution in [3.05, 3.63) is 29.8 Å². The van der Waals surface area contributed by atoms with Crippen molar-refractivity contribution in [2.45, 2.75) is 13.8 Å². The van der Waals surface area contributed by atoms with Crippen molar-refractivity contribution in [3.8, 4) is 0 Å². The van der Waals surface area contributed by atoms with E-state index >= 15 is 0 Å². The van der Waals surface area contributed by atoms with Crippen molar-refractivity contribution < 1.29 is 9.59 Å². The lowest BCUT2D eigenvalue weighted by atomic mass is 9.95. The highest BCUT2D eigenvalue weighted by Gasteiger charge is 2.21. The predicted octanol–water partition coefficient (Wildman–Crippen LogP) is 0.955. The van der Waals surface area contributed by atoms with Gasteiger partial charge in [0.15, 0.2) is 0 Å². The highest BCUT2D eigenvalue weighted by atomic mass is 16.2. The molecular weight excluding hydrogens is 230 g/mol. The first-order chi connectivity index (χ1) is 8.47. The first kappa shape index (κ1) is 14.2. The van der Waals surface area contributed by atoms with Gasteiger partial charge < -0.3 is 16.8 Å². The number of rotatable bonds is 5. The molecule has 5 heteroatoms. The van der Waals surface area contributed by atoms with E-state index in [4.69, 9.17) is 11.5 Å². The van der Waals surface area contributed by atoms with Gasteiger partial charge in [0, 0.05) is 6.54 Å². The van der Waals surface area contributed by atoms with Crippen molar-refractivity contribution in [2.75, 3.05) is 11.9 Å². The molecule has 0 fully saturated rings. The predicted molar refractivity (Wildman–Crippen MR) is 71.0 cm³/mol. The second kappa shape index (κ2) is 6.16. The van der Waals surface area contributed by atoms with Gasteiger partial charge in [-0.3, -0.25) is 9.59 Å². The van der Waals surface area contributed by atoms with E-state index < -0.39 is 5.91 Å². The van der Waals surface area contributed by atoms with Gasteiger partial charge in [0.2, 0.25) is 5.91 Å². The smallest absolute Gasteiger partial charge is 0.250 e. The second-order valence-corrected chi connectivity index (χ2v) is 4.49. The van der Waals surface area contributed by atoms with Gasteiger partial charge in [-0.1, -0.05) is 26.0 Å². The summed E-state index contributed by atoms with van der Waals surface area (Å²) in [6, 6.07) is 6.64. The van der Waals surface area contributed by atoms with Crippen molar-refractivity contribution in [3.63, 3.8) is 0 Å². The van der Waals surface area contributed by atoms with E-state index in [-0.39, 0.29) is 24.3 Å². The number of carbonyl (C=O) groups excluding carboxylic acids is 2. The first-order valence-electron chi connectivity index (χ1n) is 5.87. The number of carbonyl (C=O) groups is 2. The van der Waals surface area contributed by atoms with E-state index in [9.17, 15) is 9.59 Å². The number of benzene rings is 1. The van der Waals surface area contributed by atoms with Crippen molar-refractivity contribution >= 4 is 17.5 Å². The van der Waals surface area contributed by atoms with Crippen LogP contribution in [0, 0.1) is 11.8 Å². The maximum absolute atomic E-state index is 12.0. The molecule has 18 heavy (non-hydrogen) atoms. The molecule has 0 heterocycles. The van der Waals surface area contributed by atoms with Crippen molar-refractivity contribution in [1.82, 2.24) is 0 Å². The molecule has 1 unspecified atom stereocenters. The number of hydrogen-bond acceptors (Lipinski definition) is 3. The van der Waals surface area contributed by atoms with Crippen LogP contribution in [0.5, 0.6) is 0 Å². The van der Waals surface area contributed by atoms with E-state index in [1.165, 1.54) is 0 Å². The van der Waals surface area contributed by atoms with Gasteiger partial charge in [-0.2, -0.15) is 0 Å². The van der Waals surface area contributed by atoms with Crippen LogP contribution in [0.3, 0.4) is 0 Å². The Bertz CT molecular complexity index is 444. The summed E-state index contributed by atoms with van der Waals surface area (Å²) in [5.74, 6) is -0.914. The van der Waals surface area contributed by atoms with Crippen LogP contribution in [0.2, 0.25) is 0 Å². The van der Waals surface area contributed by atoms with E-state index in [0.29, 0.717) is 11.3 Å². The summed E-state index contributed by atoms with van der Waals surface area (Å²) in [6.45, 7) is 4.12. The number of hydrogen-bond donors (Lipinski definition) is 3. The molecule has 0 saturated carbocycles. The topological polar surface area (TPSA) is 98.2 Å². The molecule has 0 radical (unpaired) electrons. The lowest BCUT2D eigenvalue weighted by Gasteiger charge is -2.19. The Morgan fingerprint density at radius 3 is 2.39 bits per heavy atom. The minimum Gasteiger partial charge on any atom is -0.366 e. The molecule has 0 saturated heterocycles. The maximum Gasteiger partial charge on any atom is 0.250 e. The molecule has 0 aromatic heterocycles. The molecule has 0 aliphatic carbocycles. The molecule has 1 aromatic carbocycles. The van der Waals surface area contributed by atoms with Gasteiger partial charge in [0.05, 0.1) is 17.2 Å². The average molecular weight is 249 g/mol. The Hall–Kier alpha value is -1.88. The van der Waals surface area contributed by atoms with Crippen LogP contribution >= 0.6 is 0 Å². The Morgan fingerprint density at radius 2 is 1.89 bits per heavy atom. The normalized spacial score (nSPS) is 12.2. The minimum atomic E-state index is -0.570. The number of primary amides is 1. The summed E-state index contributed by atoms with van der Waals surface area (Å²) in [6.07, 6.45) is 0. The molecular formula is C13H19N3O2. The molecule has 98 valence electrons. The van der Waals surface area contributed by atoms with Crippen LogP contribution in [0.1, 0.15) is 24.2 Å². The number of amides is 2. The fourth-order valence-electron chi connectivity index (χ4n) is 1.71. The number of nitrogens with one attached hydrogen (secondary N) is 1. The Morgan fingerprint density at radius 1 is 1.28 bits per heavy atom. The lowest BCUT2D eigenvalue weighted by Crippen LogP contribution is -2.33. The third-order valence-corrected chi connectivity index (χ3v) is 2.85. The fraction of sp³-hybridized carbons (Fsp3) is 0.385. The Labute approximate surface area is 107 Å². The van der Waals surface area contributed by atoms with Crippen LogP contribution in [0.25, 0.3) is 0 Å². The summed E-state index contributed by atoms with van der Waals surface area (Å²) in [5, 5.41) is 2.70. The quantitative estimate of drug-likeness (QED) is 0.724. The molecule has 5 N–H and O–H groups in total. The van der Waals surface area contributed by atoms with E-state index in [1.54, 1.807) is 24.3 Å². The molecule has 1 atom stereocenters. The van der Waals surface area contributed by atoms with Crippen LogP contribution in [0.4, 0.5) is 5.69 Å². The second-order valence-electron chi connectivity index (χ2n) is 4.49. The monoisotopic (exact) mass is 249 g/mol. The summed E-state index contributed by atoms with van der Waals surface area (Å²) in [4.78, 5) is 23.2. The van der Waals surface area contributed by atoms with E-state index in [2.05, 4.69) is 5.32 Å². The van der Waals surface area contributed by atoms with Crippen molar-refractivity contribution in [1.29, 1.82) is 0 Å². The minimum absolute atomic E-state index is 0.135. The van der Waals surface area contributed by atoms with Gasteiger partial charge in [0.1, 0.15) is 0 Å². The SMILES string of the molecule is CC(C)C(CN)C(=O)Nc1ccccc1C(N)=O. The summed E-state index contributed by atoms with van der Waals surface area (Å²) in [5.41, 5.74) is 11.5. The molecule has 1 rings (SSSR count). The molecule has 2 amide bonds. The molecule has 1 aromatic rings. The van der Waals surface area contributed by atoms with Crippen LogP contribution < -0.4 is 16.8 Å². The van der Waals surface area contributed by atoms with Gasteiger partial charge in [-0.05, 0) is 18.1 Å². The van der Waals surface area contributed by atoms with Crippen molar-refractivity contribution in [2.24, 2.45) is 23.3 Å². The average Bonchev–Trinajstić information content (AvgIpc) is 2.29. The maximum atomic E-state index is 12.0. The summed E-state index contributed by atoms with van der Waals surface area (Å²) in [7, 11) is 0. The van der Waals surface area contributed by atoms with Gasteiger partial charge >= 0.3 is 0 Å². The van der Waals surface area contributed by atoms with Crippen LogP contribution in [-0.4, -0.2) is 18.4 Å². The number of anilines is 1. The first-order valence-corrected chi connectivity index (χ1v) is 5.87. The largest absolute Gasteiger partial charge is 0.366 e. The van der Waals surface area contributed by atoms with Crippen LogP contribution in [0.15, 0.2) is 24.3 Å². The summed E-state index contributed by atoms with van der Waals surface area (Å²) >= 11 is 0. The molecule has 0 spiro atoms. The Balaban J connectivity index is 2.91. The zero-order chi connectivity index (χ0) is 13.7. The number of para-hydroxylation sites is 1. The van der Waals surface area contributed by atoms with E-state index in [1.807, 2.05) is 13.8 Å². The standard InChI is InChI=1S/C13H19N3O2/c1-8(2)10(7-14)13(18)16-11-6-4-3-5-9(11)12(15)17/h3-6,8,10H,7,14H2,1-2H3,(H2,15,17)(H,16,18). The highest BCUT2D eigenvalue weighted by Crippen LogP contribution is 2.17. The summed E-state index contributed by atoms with van der Waals surface area (Å²) < 4.78 is 0. The third-order valence-electron chi connectivity index (χ3n) is 2.85. The van der Waals surface area contributed by atoms with Gasteiger partial charge in [0.25, 0.3) is 5.91 Å². The molecule has 5 nitrogen and oxygen atoms in total. The molecule has 0 bridgehead atoms. The zero-order valence-electron chi connectivity index (χ0n) is 10.6. The highest BCUT2D eigenvalue weighted by molar-refractivity contribution is 6.03. The van der Waals surface area contributed by atoms with Gasteiger partial charge in [-0.25, -0.2) is 0 Å². The van der Waals surface area contributed by atoms with E-state index in [0.717, 1.165) is 0 Å². The lowest BCUT2D eigenvalue weighted by molar-refractivity contribution is -0.120. The van der Waals surface area contributed by atoms with Gasteiger partial charge in [-0.15, -0.1) is 0 Å². The number of nitrogens with two attached hydrogens (primary N) is 2. The fourth-order valence-corrected chi connectivity index (χ4v) is 1.71. The Kier molecular flexibility index (Phi) is 4.85. The molecule has 0 aliphatic rings. The van der Waals surface area contributed by atoms with Crippen LogP contribution in [-0.2, 0) is 4.79 Å². The zero-order valence-corrected chi connectivity index (χ0v) is 10.6. The third kappa shape index (κ3) is 3.30. The molecule has 0 aliphatic heterocycles.